The highest BCUT2D eigenvalue weighted by molar-refractivity contribution is 6.36. The van der Waals surface area contributed by atoms with Crippen molar-refractivity contribution >= 4 is 23.1 Å². The Bertz CT molecular complexity index is 928. The maximum atomic E-state index is 13.3. The maximum absolute atomic E-state index is 13.3. The minimum Gasteiger partial charge on any atom is -0.336 e. The molecule has 4 heteroatoms. The standard InChI is InChI=1S/C23H24N2O2/c1-3-14-25-22(26)20(18-12-10-16(2)11-13-18)21(23(25)27)24-15-6-8-17-7-4-5-9-19(17)24/h4-5,7,9-13H,3,6,8,14-15H2,1-2H3. The van der Waals surface area contributed by atoms with E-state index < -0.39 is 0 Å². The van der Waals surface area contributed by atoms with E-state index in [1.807, 2.05) is 50.2 Å². The highest BCUT2D eigenvalue weighted by atomic mass is 16.2. The normalized spacial score (nSPS) is 17.0. The molecule has 0 N–H and O–H groups in total. The molecule has 2 aromatic carbocycles. The van der Waals surface area contributed by atoms with E-state index in [2.05, 4.69) is 17.0 Å². The predicted molar refractivity (Wildman–Crippen MR) is 107 cm³/mol. The van der Waals surface area contributed by atoms with Crippen LogP contribution in [0.25, 0.3) is 5.57 Å². The summed E-state index contributed by atoms with van der Waals surface area (Å²) in [6.07, 6.45) is 2.72. The van der Waals surface area contributed by atoms with Crippen LogP contribution in [0, 0.1) is 6.92 Å². The number of carbonyl (C=O) groups is 2. The van der Waals surface area contributed by atoms with Gasteiger partial charge >= 0.3 is 0 Å². The van der Waals surface area contributed by atoms with Gasteiger partial charge in [-0.25, -0.2) is 0 Å². The second kappa shape index (κ2) is 7.03. The van der Waals surface area contributed by atoms with Crippen molar-refractivity contribution in [3.63, 3.8) is 0 Å². The van der Waals surface area contributed by atoms with Gasteiger partial charge < -0.3 is 4.90 Å². The lowest BCUT2D eigenvalue weighted by Crippen LogP contribution is -2.37. The summed E-state index contributed by atoms with van der Waals surface area (Å²) in [5, 5.41) is 0. The van der Waals surface area contributed by atoms with Gasteiger partial charge in [0.2, 0.25) is 0 Å². The van der Waals surface area contributed by atoms with E-state index in [9.17, 15) is 9.59 Å². The number of imide groups is 1. The fourth-order valence-electron chi connectivity index (χ4n) is 3.99. The lowest BCUT2D eigenvalue weighted by molar-refractivity contribution is -0.136. The Labute approximate surface area is 160 Å². The topological polar surface area (TPSA) is 40.6 Å². The third kappa shape index (κ3) is 2.95. The van der Waals surface area contributed by atoms with Crippen LogP contribution in [-0.4, -0.2) is 29.8 Å². The largest absolute Gasteiger partial charge is 0.336 e. The summed E-state index contributed by atoms with van der Waals surface area (Å²) in [6, 6.07) is 16.1. The molecule has 2 aliphatic heterocycles. The second-order valence-electron chi connectivity index (χ2n) is 7.24. The van der Waals surface area contributed by atoms with Crippen LogP contribution in [0.2, 0.25) is 0 Å². The number of benzene rings is 2. The van der Waals surface area contributed by atoms with Crippen LogP contribution in [0.5, 0.6) is 0 Å². The molecule has 138 valence electrons. The Balaban J connectivity index is 1.89. The van der Waals surface area contributed by atoms with Crippen molar-refractivity contribution in [2.45, 2.75) is 33.1 Å². The molecule has 0 aromatic heterocycles. The van der Waals surface area contributed by atoms with Crippen molar-refractivity contribution in [2.24, 2.45) is 0 Å². The zero-order chi connectivity index (χ0) is 19.0. The fourth-order valence-corrected chi connectivity index (χ4v) is 3.99. The lowest BCUT2D eigenvalue weighted by Gasteiger charge is -2.32. The number of amides is 2. The molecular formula is C23H24N2O2. The first-order valence-electron chi connectivity index (χ1n) is 9.64. The van der Waals surface area contributed by atoms with Gasteiger partial charge in [0.1, 0.15) is 5.70 Å². The molecule has 2 aromatic rings. The first-order valence-corrected chi connectivity index (χ1v) is 9.64. The van der Waals surface area contributed by atoms with Crippen molar-refractivity contribution in [1.82, 2.24) is 4.90 Å². The number of nitrogens with zero attached hydrogens (tertiary/aromatic N) is 2. The smallest absolute Gasteiger partial charge is 0.278 e. The number of aryl methyl sites for hydroxylation is 2. The average molecular weight is 360 g/mol. The molecule has 2 amide bonds. The summed E-state index contributed by atoms with van der Waals surface area (Å²) < 4.78 is 0. The van der Waals surface area contributed by atoms with Crippen molar-refractivity contribution in [1.29, 1.82) is 0 Å². The van der Waals surface area contributed by atoms with Crippen molar-refractivity contribution in [3.8, 4) is 0 Å². The monoisotopic (exact) mass is 360 g/mol. The van der Waals surface area contributed by atoms with Crippen LogP contribution in [0.15, 0.2) is 54.2 Å². The van der Waals surface area contributed by atoms with Crippen LogP contribution >= 0.6 is 0 Å². The SMILES string of the molecule is CCCN1C(=O)C(c2ccc(C)cc2)=C(N2CCCc3ccccc32)C1=O. The Hall–Kier alpha value is -2.88. The number of rotatable bonds is 4. The van der Waals surface area contributed by atoms with Crippen LogP contribution in [0.4, 0.5) is 5.69 Å². The van der Waals surface area contributed by atoms with Crippen LogP contribution in [-0.2, 0) is 16.0 Å². The van der Waals surface area contributed by atoms with Gasteiger partial charge in [-0.1, -0.05) is 55.0 Å². The fraction of sp³-hybridized carbons (Fsp3) is 0.304. The summed E-state index contributed by atoms with van der Waals surface area (Å²) in [5.74, 6) is -0.349. The van der Waals surface area contributed by atoms with E-state index in [1.165, 1.54) is 10.5 Å². The Morgan fingerprint density at radius 3 is 2.44 bits per heavy atom. The van der Waals surface area contributed by atoms with Crippen molar-refractivity contribution in [3.05, 3.63) is 70.9 Å². The van der Waals surface area contributed by atoms with Gasteiger partial charge in [-0.2, -0.15) is 0 Å². The molecule has 0 bridgehead atoms. The predicted octanol–water partition coefficient (Wildman–Crippen LogP) is 3.94. The molecule has 4 nitrogen and oxygen atoms in total. The number of carbonyl (C=O) groups excluding carboxylic acids is 2. The van der Waals surface area contributed by atoms with E-state index in [4.69, 9.17) is 0 Å². The van der Waals surface area contributed by atoms with Gasteiger partial charge in [0.25, 0.3) is 11.8 Å². The van der Waals surface area contributed by atoms with E-state index >= 15 is 0 Å². The molecular weight excluding hydrogens is 336 g/mol. The molecule has 0 spiro atoms. The summed E-state index contributed by atoms with van der Waals surface area (Å²) in [4.78, 5) is 29.9. The van der Waals surface area contributed by atoms with Gasteiger partial charge in [-0.3, -0.25) is 14.5 Å². The molecule has 0 unspecified atom stereocenters. The van der Waals surface area contributed by atoms with Crippen molar-refractivity contribution in [2.75, 3.05) is 18.0 Å². The van der Waals surface area contributed by atoms with Gasteiger partial charge in [0, 0.05) is 18.8 Å². The Kier molecular flexibility index (Phi) is 4.56. The molecule has 2 heterocycles. The highest BCUT2D eigenvalue weighted by Crippen LogP contribution is 2.37. The Morgan fingerprint density at radius 1 is 0.963 bits per heavy atom. The average Bonchev–Trinajstić information content (AvgIpc) is 2.93. The summed E-state index contributed by atoms with van der Waals surface area (Å²) in [6.45, 7) is 5.21. The highest BCUT2D eigenvalue weighted by Gasteiger charge is 2.42. The molecule has 27 heavy (non-hydrogen) atoms. The second-order valence-corrected chi connectivity index (χ2v) is 7.24. The minimum absolute atomic E-state index is 0.172. The summed E-state index contributed by atoms with van der Waals surface area (Å²) in [7, 11) is 0. The van der Waals surface area contributed by atoms with Gasteiger partial charge in [-0.15, -0.1) is 0 Å². The van der Waals surface area contributed by atoms with Gasteiger partial charge in [0.15, 0.2) is 0 Å². The molecule has 0 fully saturated rings. The van der Waals surface area contributed by atoms with Crippen molar-refractivity contribution < 1.29 is 9.59 Å². The van der Waals surface area contributed by atoms with Gasteiger partial charge in [0.05, 0.1) is 5.57 Å². The van der Waals surface area contributed by atoms with E-state index in [0.717, 1.165) is 42.6 Å². The molecule has 0 radical (unpaired) electrons. The molecule has 0 saturated carbocycles. The third-order valence-corrected chi connectivity index (χ3v) is 5.31. The van der Waals surface area contributed by atoms with Crippen LogP contribution in [0.1, 0.15) is 36.5 Å². The number of hydrogen-bond acceptors (Lipinski definition) is 3. The zero-order valence-electron chi connectivity index (χ0n) is 15.9. The number of anilines is 1. The van der Waals surface area contributed by atoms with Gasteiger partial charge in [-0.05, 0) is 43.4 Å². The molecule has 0 saturated heterocycles. The van der Waals surface area contributed by atoms with E-state index in [-0.39, 0.29) is 11.8 Å². The molecule has 0 atom stereocenters. The molecule has 0 aliphatic carbocycles. The number of hydrogen-bond donors (Lipinski definition) is 0. The third-order valence-electron chi connectivity index (χ3n) is 5.31. The first kappa shape index (κ1) is 17.5. The zero-order valence-corrected chi connectivity index (χ0v) is 15.9. The molecule has 2 aliphatic rings. The summed E-state index contributed by atoms with van der Waals surface area (Å²) in [5.41, 5.74) is 5.29. The first-order chi connectivity index (χ1) is 13.1. The maximum Gasteiger partial charge on any atom is 0.278 e. The summed E-state index contributed by atoms with van der Waals surface area (Å²) >= 11 is 0. The molecule has 4 rings (SSSR count). The Morgan fingerprint density at radius 2 is 1.70 bits per heavy atom. The van der Waals surface area contributed by atoms with E-state index in [1.54, 1.807) is 0 Å². The number of fused-ring (bicyclic) bond motifs is 1. The lowest BCUT2D eigenvalue weighted by atomic mass is 9.98. The minimum atomic E-state index is -0.177. The van der Waals surface area contributed by atoms with E-state index in [0.29, 0.717) is 17.8 Å². The van der Waals surface area contributed by atoms with Crippen LogP contribution in [0.3, 0.4) is 0 Å². The quantitative estimate of drug-likeness (QED) is 0.776. The van der Waals surface area contributed by atoms with Crippen LogP contribution < -0.4 is 4.90 Å². The number of para-hydroxylation sites is 1.